The molecule has 0 aliphatic carbocycles. The molecule has 72 valence electrons. The van der Waals surface area contributed by atoms with Gasteiger partial charge >= 0.3 is 0 Å². The van der Waals surface area contributed by atoms with E-state index in [1.54, 1.807) is 13.1 Å². The average molecular weight is 266 g/mol. The van der Waals surface area contributed by atoms with Gasteiger partial charge in [0.2, 0.25) is 0 Å². The highest BCUT2D eigenvalue weighted by Crippen LogP contribution is 2.21. The number of pyridine rings is 1. The summed E-state index contributed by atoms with van der Waals surface area (Å²) in [5.74, 6) is 0. The lowest BCUT2D eigenvalue weighted by Crippen LogP contribution is -2.22. The first-order valence-electron chi connectivity index (χ1n) is 3.31. The predicted molar refractivity (Wildman–Crippen MR) is 53.4 cm³/mol. The minimum absolute atomic E-state index is 0.372. The van der Waals surface area contributed by atoms with Gasteiger partial charge in [0, 0.05) is 10.7 Å². The number of nitrogens with zero attached hydrogens (tertiary/aromatic N) is 1. The summed E-state index contributed by atoms with van der Waals surface area (Å²) in [4.78, 5) is 3.80. The molecule has 0 bridgehead atoms. The predicted octanol–water partition coefficient (Wildman–Crippen LogP) is 0.768. The van der Waals surface area contributed by atoms with Crippen LogP contribution < -0.4 is 9.86 Å². The fourth-order valence-corrected chi connectivity index (χ4v) is 1.60. The van der Waals surface area contributed by atoms with E-state index in [1.165, 1.54) is 6.20 Å². The van der Waals surface area contributed by atoms with Crippen molar-refractivity contribution >= 4 is 31.8 Å². The zero-order chi connectivity index (χ0) is 10.1. The third kappa shape index (κ3) is 2.94. The van der Waals surface area contributed by atoms with Crippen LogP contribution in [0.4, 0.5) is 5.69 Å². The number of halogens is 1. The van der Waals surface area contributed by atoms with E-state index in [4.69, 9.17) is 5.14 Å². The number of aromatic nitrogens is 1. The minimum Gasteiger partial charge on any atom is -0.269 e. The fourth-order valence-electron chi connectivity index (χ4n) is 0.756. The van der Waals surface area contributed by atoms with Gasteiger partial charge in [-0.1, -0.05) is 0 Å². The zero-order valence-electron chi connectivity index (χ0n) is 6.78. The summed E-state index contributed by atoms with van der Waals surface area (Å²) in [6.45, 7) is 1.75. The zero-order valence-corrected chi connectivity index (χ0v) is 9.18. The molecule has 7 heteroatoms. The lowest BCUT2D eigenvalue weighted by atomic mass is 10.3. The maximum Gasteiger partial charge on any atom is 0.296 e. The van der Waals surface area contributed by atoms with Gasteiger partial charge in [-0.2, -0.15) is 8.42 Å². The third-order valence-electron chi connectivity index (χ3n) is 1.41. The van der Waals surface area contributed by atoms with Crippen molar-refractivity contribution in [3.05, 3.63) is 22.4 Å². The fraction of sp³-hybridized carbons (Fsp3) is 0.167. The summed E-state index contributed by atoms with van der Waals surface area (Å²) in [6, 6.07) is 0. The highest BCUT2D eigenvalue weighted by Gasteiger charge is 2.07. The maximum atomic E-state index is 10.7. The second-order valence-electron chi connectivity index (χ2n) is 2.44. The molecule has 0 aliphatic rings. The first-order valence-corrected chi connectivity index (χ1v) is 5.65. The minimum atomic E-state index is -3.73. The smallest absolute Gasteiger partial charge is 0.269 e. The Morgan fingerprint density at radius 3 is 2.69 bits per heavy atom. The quantitative estimate of drug-likeness (QED) is 0.829. The summed E-state index contributed by atoms with van der Waals surface area (Å²) in [6.07, 6.45) is 2.97. The van der Waals surface area contributed by atoms with Crippen LogP contribution in [0.1, 0.15) is 5.56 Å². The van der Waals surface area contributed by atoms with Crippen LogP contribution in [0.3, 0.4) is 0 Å². The Bertz CT molecular complexity index is 418. The molecule has 1 rings (SSSR count). The lowest BCUT2D eigenvalue weighted by Gasteiger charge is -2.06. The molecule has 0 aromatic carbocycles. The molecule has 0 unspecified atom stereocenters. The van der Waals surface area contributed by atoms with Gasteiger partial charge in [0.25, 0.3) is 10.2 Å². The monoisotopic (exact) mass is 265 g/mol. The number of hydrogen-bond donors (Lipinski definition) is 2. The molecule has 0 atom stereocenters. The van der Waals surface area contributed by atoms with Crippen molar-refractivity contribution in [1.82, 2.24) is 4.98 Å². The standard InChI is InChI=1S/C6H8BrN3O2S/c1-4-5(7)2-9-3-6(4)10-13(8,11)12/h2-3,10H,1H3,(H2,8,11,12). The molecule has 13 heavy (non-hydrogen) atoms. The second kappa shape index (κ2) is 3.60. The molecule has 3 N–H and O–H groups in total. The number of nitrogens with one attached hydrogen (secondary N) is 1. The first-order chi connectivity index (χ1) is 5.90. The Balaban J connectivity index is 3.10. The van der Waals surface area contributed by atoms with E-state index in [1.807, 2.05) is 0 Å². The highest BCUT2D eigenvalue weighted by atomic mass is 79.9. The van der Waals surface area contributed by atoms with Crippen molar-refractivity contribution in [2.45, 2.75) is 6.92 Å². The highest BCUT2D eigenvalue weighted by molar-refractivity contribution is 9.10. The normalized spacial score (nSPS) is 11.3. The number of rotatable bonds is 2. The van der Waals surface area contributed by atoms with Crippen molar-refractivity contribution in [2.24, 2.45) is 5.14 Å². The first kappa shape index (κ1) is 10.4. The van der Waals surface area contributed by atoms with E-state index in [0.717, 1.165) is 10.0 Å². The Hall–Kier alpha value is -0.660. The van der Waals surface area contributed by atoms with Gasteiger partial charge in [0.15, 0.2) is 0 Å². The van der Waals surface area contributed by atoms with Crippen LogP contribution in [0.15, 0.2) is 16.9 Å². The third-order valence-corrected chi connectivity index (χ3v) is 2.71. The second-order valence-corrected chi connectivity index (χ2v) is 4.59. The van der Waals surface area contributed by atoms with E-state index in [-0.39, 0.29) is 0 Å². The van der Waals surface area contributed by atoms with Crippen molar-refractivity contribution in [2.75, 3.05) is 4.72 Å². The van der Waals surface area contributed by atoms with Gasteiger partial charge in [-0.25, -0.2) is 5.14 Å². The topological polar surface area (TPSA) is 85.1 Å². The average Bonchev–Trinajstić information content (AvgIpc) is 1.96. The van der Waals surface area contributed by atoms with E-state index in [0.29, 0.717) is 5.69 Å². The number of hydrogen-bond acceptors (Lipinski definition) is 3. The lowest BCUT2D eigenvalue weighted by molar-refractivity contribution is 0.603. The molecule has 0 amide bonds. The molecule has 0 fully saturated rings. The Labute approximate surface area is 84.7 Å². The van der Waals surface area contributed by atoms with Crippen LogP contribution in [0.2, 0.25) is 0 Å². The van der Waals surface area contributed by atoms with Gasteiger partial charge in [-0.3, -0.25) is 9.71 Å². The van der Waals surface area contributed by atoms with Gasteiger partial charge < -0.3 is 0 Å². The molecule has 0 saturated heterocycles. The van der Waals surface area contributed by atoms with Crippen molar-refractivity contribution in [1.29, 1.82) is 0 Å². The van der Waals surface area contributed by atoms with Crippen LogP contribution in [0.5, 0.6) is 0 Å². The van der Waals surface area contributed by atoms with E-state index < -0.39 is 10.2 Å². The molecule has 0 aliphatic heterocycles. The van der Waals surface area contributed by atoms with Crippen LogP contribution in [0, 0.1) is 6.92 Å². The molecular weight excluding hydrogens is 258 g/mol. The van der Waals surface area contributed by atoms with E-state index >= 15 is 0 Å². The van der Waals surface area contributed by atoms with Gasteiger partial charge in [-0.15, -0.1) is 0 Å². The van der Waals surface area contributed by atoms with Crippen molar-refractivity contribution in [3.8, 4) is 0 Å². The number of anilines is 1. The SMILES string of the molecule is Cc1c(Br)cncc1NS(N)(=O)=O. The van der Waals surface area contributed by atoms with Crippen molar-refractivity contribution in [3.63, 3.8) is 0 Å². The Kier molecular flexibility index (Phi) is 2.89. The van der Waals surface area contributed by atoms with E-state index in [2.05, 4.69) is 25.6 Å². The summed E-state index contributed by atoms with van der Waals surface area (Å²) < 4.78 is 24.2. The maximum absolute atomic E-state index is 10.7. The van der Waals surface area contributed by atoms with Crippen LogP contribution in [-0.2, 0) is 10.2 Å². The summed E-state index contributed by atoms with van der Waals surface area (Å²) >= 11 is 3.22. The summed E-state index contributed by atoms with van der Waals surface area (Å²) in [5, 5.41) is 4.80. The van der Waals surface area contributed by atoms with Gasteiger partial charge in [0.1, 0.15) is 0 Å². The molecule has 1 aromatic heterocycles. The van der Waals surface area contributed by atoms with E-state index in [9.17, 15) is 8.42 Å². The van der Waals surface area contributed by atoms with Gasteiger partial charge in [-0.05, 0) is 28.4 Å². The number of nitrogens with two attached hydrogens (primary N) is 1. The largest absolute Gasteiger partial charge is 0.296 e. The molecule has 1 heterocycles. The molecular formula is C6H8BrN3O2S. The Morgan fingerprint density at radius 1 is 1.54 bits per heavy atom. The van der Waals surface area contributed by atoms with Crippen molar-refractivity contribution < 1.29 is 8.42 Å². The van der Waals surface area contributed by atoms with Crippen LogP contribution >= 0.6 is 15.9 Å². The summed E-state index contributed by atoms with van der Waals surface area (Å²) in [7, 11) is -3.73. The molecule has 0 saturated carbocycles. The molecule has 0 radical (unpaired) electrons. The molecule has 5 nitrogen and oxygen atoms in total. The van der Waals surface area contributed by atoms with Crippen LogP contribution in [-0.4, -0.2) is 13.4 Å². The van der Waals surface area contributed by atoms with Crippen LogP contribution in [0.25, 0.3) is 0 Å². The summed E-state index contributed by atoms with van der Waals surface area (Å²) in [5.41, 5.74) is 1.11. The van der Waals surface area contributed by atoms with Gasteiger partial charge in [0.05, 0.1) is 11.9 Å². The molecule has 0 spiro atoms. The molecule has 1 aromatic rings. The Morgan fingerprint density at radius 2 is 2.15 bits per heavy atom.